The molecule has 0 bridgehead atoms. The molecular weight excluding hydrogens is 388 g/mol. The Balaban J connectivity index is 1.26. The van der Waals surface area contributed by atoms with Crippen LogP contribution in [0, 0.1) is 0 Å². The summed E-state index contributed by atoms with van der Waals surface area (Å²) in [6.07, 6.45) is 2.41. The second-order valence-electron chi connectivity index (χ2n) is 6.07. The number of benzene rings is 1. The highest BCUT2D eigenvalue weighted by Crippen LogP contribution is 2.26. The Kier molecular flexibility index (Phi) is 5.41. The van der Waals surface area contributed by atoms with E-state index in [0.717, 1.165) is 35.5 Å². The van der Waals surface area contributed by atoms with Crippen molar-refractivity contribution in [1.82, 2.24) is 20.2 Å². The third-order valence-corrected chi connectivity index (χ3v) is 6.05. The monoisotopic (exact) mass is 406 g/mol. The fraction of sp³-hybridized carbons (Fsp3) is 0.375. The van der Waals surface area contributed by atoms with E-state index in [0.29, 0.717) is 16.7 Å². The molecule has 27 heavy (non-hydrogen) atoms. The average Bonchev–Trinajstić information content (AvgIpc) is 3.38. The van der Waals surface area contributed by atoms with Crippen molar-refractivity contribution in [2.45, 2.75) is 23.3 Å². The van der Waals surface area contributed by atoms with Crippen LogP contribution in [0.3, 0.4) is 0 Å². The van der Waals surface area contributed by atoms with Crippen molar-refractivity contribution in [2.75, 3.05) is 29.5 Å². The molecule has 0 aliphatic carbocycles. The normalized spacial score (nSPS) is 16.7. The van der Waals surface area contributed by atoms with Crippen LogP contribution in [0.15, 0.2) is 27.3 Å². The summed E-state index contributed by atoms with van der Waals surface area (Å²) in [6.45, 7) is 1.55. The van der Waals surface area contributed by atoms with Gasteiger partial charge in [0.25, 0.3) is 0 Å². The number of carbonyl (C=O) groups is 1. The Bertz CT molecular complexity index is 991. The molecule has 3 heterocycles. The summed E-state index contributed by atoms with van der Waals surface area (Å²) in [6, 6.07) is 5.20. The number of anilines is 2. The quantitative estimate of drug-likeness (QED) is 0.443. The predicted molar refractivity (Wildman–Crippen MR) is 106 cm³/mol. The van der Waals surface area contributed by atoms with E-state index in [1.165, 1.54) is 23.1 Å². The number of hydrogen-bond donors (Lipinski definition) is 4. The van der Waals surface area contributed by atoms with E-state index in [9.17, 15) is 9.59 Å². The number of nitrogens with one attached hydrogen (secondary N) is 4. The summed E-state index contributed by atoms with van der Waals surface area (Å²) >= 11 is 2.75. The molecule has 4 rings (SSSR count). The minimum atomic E-state index is -0.274. The van der Waals surface area contributed by atoms with Crippen LogP contribution in [0.5, 0.6) is 0 Å². The number of imidazole rings is 1. The van der Waals surface area contributed by atoms with Gasteiger partial charge >= 0.3 is 5.69 Å². The van der Waals surface area contributed by atoms with Crippen LogP contribution in [0.2, 0.25) is 0 Å². The molecule has 0 unspecified atom stereocenters. The molecule has 142 valence electrons. The smallest absolute Gasteiger partial charge is 0.323 e. The van der Waals surface area contributed by atoms with Crippen LogP contribution >= 0.6 is 23.1 Å². The number of rotatable bonds is 7. The number of fused-ring (bicyclic) bond motifs is 1. The minimum Gasteiger partial charge on any atom is -0.376 e. The Morgan fingerprint density at radius 1 is 1.33 bits per heavy atom. The maximum absolute atomic E-state index is 12.1. The number of nitrogens with zero attached hydrogens (tertiary/aromatic N) is 2. The summed E-state index contributed by atoms with van der Waals surface area (Å²) in [5, 5.41) is 14.9. The summed E-state index contributed by atoms with van der Waals surface area (Å²) in [7, 11) is 0. The molecule has 1 amide bonds. The fourth-order valence-corrected chi connectivity index (χ4v) is 4.34. The molecule has 1 aromatic carbocycles. The van der Waals surface area contributed by atoms with Crippen LogP contribution < -0.4 is 16.3 Å². The Morgan fingerprint density at radius 2 is 2.22 bits per heavy atom. The van der Waals surface area contributed by atoms with Crippen LogP contribution in [-0.4, -0.2) is 51.1 Å². The first-order chi connectivity index (χ1) is 13.2. The van der Waals surface area contributed by atoms with Crippen molar-refractivity contribution < 1.29 is 9.53 Å². The molecule has 1 aliphatic heterocycles. The average molecular weight is 406 g/mol. The second-order valence-corrected chi connectivity index (χ2v) is 8.27. The molecular formula is C16H18N6O3S2. The van der Waals surface area contributed by atoms with Crippen molar-refractivity contribution >= 4 is 50.9 Å². The number of thioether (sulfide) groups is 1. The van der Waals surface area contributed by atoms with E-state index in [1.54, 1.807) is 18.2 Å². The zero-order valence-electron chi connectivity index (χ0n) is 14.3. The lowest BCUT2D eigenvalue weighted by Crippen LogP contribution is -2.18. The van der Waals surface area contributed by atoms with Crippen molar-refractivity contribution in [3.05, 3.63) is 28.7 Å². The highest BCUT2D eigenvalue weighted by Gasteiger charge is 2.16. The minimum absolute atomic E-state index is 0.152. The summed E-state index contributed by atoms with van der Waals surface area (Å²) in [4.78, 5) is 28.8. The van der Waals surface area contributed by atoms with Gasteiger partial charge in [-0.2, -0.15) is 0 Å². The van der Waals surface area contributed by atoms with Gasteiger partial charge in [-0.3, -0.25) is 4.79 Å². The molecule has 1 fully saturated rings. The van der Waals surface area contributed by atoms with Gasteiger partial charge in [0, 0.05) is 18.8 Å². The van der Waals surface area contributed by atoms with Gasteiger partial charge in [-0.05, 0) is 31.0 Å². The van der Waals surface area contributed by atoms with Crippen LogP contribution in [-0.2, 0) is 9.53 Å². The zero-order chi connectivity index (χ0) is 18.6. The van der Waals surface area contributed by atoms with Crippen molar-refractivity contribution in [3.63, 3.8) is 0 Å². The Hall–Kier alpha value is -2.37. The fourth-order valence-electron chi connectivity index (χ4n) is 2.78. The molecule has 1 aliphatic rings. The van der Waals surface area contributed by atoms with Crippen LogP contribution in [0.4, 0.5) is 10.8 Å². The van der Waals surface area contributed by atoms with E-state index >= 15 is 0 Å². The first-order valence-electron chi connectivity index (χ1n) is 8.49. The molecule has 0 radical (unpaired) electrons. The van der Waals surface area contributed by atoms with Crippen LogP contribution in [0.25, 0.3) is 11.0 Å². The lowest BCUT2D eigenvalue weighted by Gasteiger charge is -2.08. The Labute approximate surface area is 162 Å². The molecule has 0 saturated carbocycles. The largest absolute Gasteiger partial charge is 0.376 e. The third kappa shape index (κ3) is 4.67. The molecule has 1 saturated heterocycles. The Morgan fingerprint density at radius 3 is 3.07 bits per heavy atom. The third-order valence-electron chi connectivity index (χ3n) is 4.04. The van der Waals surface area contributed by atoms with Gasteiger partial charge in [0.05, 0.1) is 22.9 Å². The standard InChI is InChI=1S/C16H18N6O3S2/c23-13(18-9-3-4-11-12(6-9)20-14(24)19-11)8-26-16-22-21-15(27-16)17-7-10-2-1-5-25-10/h3-4,6,10H,1-2,5,7-8H2,(H,17,21)(H,18,23)(H2,19,20,24)/t10-/m0/s1. The van der Waals surface area contributed by atoms with E-state index in [1.807, 2.05) is 0 Å². The first kappa shape index (κ1) is 18.0. The van der Waals surface area contributed by atoms with Crippen molar-refractivity contribution in [3.8, 4) is 0 Å². The highest BCUT2D eigenvalue weighted by atomic mass is 32.2. The lowest BCUT2D eigenvalue weighted by atomic mass is 10.2. The number of hydrogen-bond acceptors (Lipinski definition) is 8. The van der Waals surface area contributed by atoms with Gasteiger partial charge in [-0.15, -0.1) is 10.2 Å². The van der Waals surface area contributed by atoms with Crippen molar-refractivity contribution in [1.29, 1.82) is 0 Å². The number of ether oxygens (including phenoxy) is 1. The second kappa shape index (κ2) is 8.11. The van der Waals surface area contributed by atoms with Crippen molar-refractivity contribution in [2.24, 2.45) is 0 Å². The van der Waals surface area contributed by atoms with Gasteiger partial charge in [0.1, 0.15) is 0 Å². The number of carbonyl (C=O) groups excluding carboxylic acids is 1. The van der Waals surface area contributed by atoms with Gasteiger partial charge in [-0.25, -0.2) is 4.79 Å². The number of aromatic nitrogens is 4. The molecule has 4 N–H and O–H groups in total. The molecule has 0 spiro atoms. The van der Waals surface area contributed by atoms with E-state index in [-0.39, 0.29) is 23.5 Å². The highest BCUT2D eigenvalue weighted by molar-refractivity contribution is 8.01. The number of aromatic amines is 2. The van der Waals surface area contributed by atoms with Gasteiger partial charge in [-0.1, -0.05) is 23.1 Å². The van der Waals surface area contributed by atoms with Crippen LogP contribution in [0.1, 0.15) is 12.8 Å². The maximum atomic E-state index is 12.1. The van der Waals surface area contributed by atoms with Gasteiger partial charge in [0.2, 0.25) is 11.0 Å². The topological polar surface area (TPSA) is 125 Å². The van der Waals surface area contributed by atoms with E-state index in [2.05, 4.69) is 30.8 Å². The number of H-pyrrole nitrogens is 2. The molecule has 11 heteroatoms. The number of amides is 1. The molecule has 3 aromatic rings. The zero-order valence-corrected chi connectivity index (χ0v) is 15.9. The summed E-state index contributed by atoms with van der Waals surface area (Å²) in [5.74, 6) is 0.0727. The predicted octanol–water partition coefficient (Wildman–Crippen LogP) is 2.03. The van der Waals surface area contributed by atoms with Gasteiger partial charge in [0.15, 0.2) is 4.34 Å². The first-order valence-corrected chi connectivity index (χ1v) is 10.3. The molecule has 2 aromatic heterocycles. The maximum Gasteiger partial charge on any atom is 0.323 e. The molecule has 9 nitrogen and oxygen atoms in total. The summed E-state index contributed by atoms with van der Waals surface area (Å²) < 4.78 is 6.29. The van der Waals surface area contributed by atoms with E-state index < -0.39 is 0 Å². The summed E-state index contributed by atoms with van der Waals surface area (Å²) in [5.41, 5.74) is 1.70. The SMILES string of the molecule is O=C(CSc1nnc(NC[C@@H]2CCCO2)s1)Nc1ccc2[nH]c(=O)[nH]c2c1. The van der Waals surface area contributed by atoms with Gasteiger partial charge < -0.3 is 25.3 Å². The van der Waals surface area contributed by atoms with E-state index in [4.69, 9.17) is 4.74 Å². The molecule has 1 atom stereocenters. The lowest BCUT2D eigenvalue weighted by molar-refractivity contribution is -0.113.